The van der Waals surface area contributed by atoms with Crippen molar-refractivity contribution in [3.05, 3.63) is 0 Å². The van der Waals surface area contributed by atoms with Gasteiger partial charge in [0.15, 0.2) is 6.10 Å². The average molecular weight is 276 g/mol. The molecule has 4 atom stereocenters. The van der Waals surface area contributed by atoms with Gasteiger partial charge in [0.2, 0.25) is 0 Å². The summed E-state index contributed by atoms with van der Waals surface area (Å²) >= 11 is 0. The summed E-state index contributed by atoms with van der Waals surface area (Å²) in [6.07, 6.45) is -7.84. The normalized spacial score (nSPS) is 17.7. The van der Waals surface area contributed by atoms with Crippen molar-refractivity contribution in [2.45, 2.75) is 24.4 Å². The second-order valence-electron chi connectivity index (χ2n) is 2.51. The van der Waals surface area contributed by atoms with Gasteiger partial charge < -0.3 is 32.1 Å². The number of carboxylic acid groups (broad SMARTS) is 1. The van der Waals surface area contributed by atoms with Crippen LogP contribution in [0.4, 0.5) is 0 Å². The van der Waals surface area contributed by atoms with Crippen molar-refractivity contribution in [1.29, 1.82) is 0 Å². The molecule has 15 heavy (non-hydrogen) atoms. The molecule has 0 spiro atoms. The van der Waals surface area contributed by atoms with E-state index in [2.05, 4.69) is 0 Å². The summed E-state index contributed by atoms with van der Waals surface area (Å²) in [7, 11) is 0. The van der Waals surface area contributed by atoms with Gasteiger partial charge in [-0.1, -0.05) is 0 Å². The van der Waals surface area contributed by atoms with E-state index in [1.165, 1.54) is 0 Å². The van der Waals surface area contributed by atoms with Crippen LogP contribution in [0.1, 0.15) is 1.43 Å². The van der Waals surface area contributed by atoms with Crippen LogP contribution in [0.25, 0.3) is 0 Å². The average Bonchev–Trinajstić information content (AvgIpc) is 2.12. The first kappa shape index (κ1) is 21.1. The van der Waals surface area contributed by atoms with Crippen LogP contribution < -0.4 is 29.6 Å². The van der Waals surface area contributed by atoms with E-state index >= 15 is 0 Å². The largest absolute Gasteiger partial charge is 1.00 e. The fourth-order valence-electron chi connectivity index (χ4n) is 0.668. The Morgan fingerprint density at radius 1 is 1.13 bits per heavy atom. The van der Waals surface area contributed by atoms with Crippen LogP contribution in [0, 0.1) is 0 Å². The summed E-state index contributed by atoms with van der Waals surface area (Å²) in [5.41, 5.74) is 0. The first-order chi connectivity index (χ1) is 5.91. The van der Waals surface area contributed by atoms with Gasteiger partial charge in [-0.2, -0.15) is 0 Å². The minimum Gasteiger partial charge on any atom is -1.00 e. The van der Waals surface area contributed by atoms with Crippen molar-refractivity contribution >= 4 is 5.97 Å². The van der Waals surface area contributed by atoms with Crippen LogP contribution in [0.15, 0.2) is 0 Å². The van der Waals surface area contributed by atoms with Gasteiger partial charge in [0.1, 0.15) is 18.3 Å². The zero-order valence-electron chi connectivity index (χ0n) is 8.96. The molecule has 0 aromatic rings. The number of hydrogen-bond acceptors (Lipinski definition) is 6. The van der Waals surface area contributed by atoms with Gasteiger partial charge in [-0.15, -0.1) is 0 Å². The number of carbonyl (C=O) groups is 1. The quantitative estimate of drug-likeness (QED) is 0.274. The molecule has 0 aromatic carbocycles. The Balaban J connectivity index is -0.000000240. The van der Waals surface area contributed by atoms with E-state index in [1.807, 2.05) is 0 Å². The molecule has 7 nitrogen and oxygen atoms in total. The Hall–Kier alpha value is 0.789. The SMILES string of the molecule is O=C(O)[C@H](O)[C@@H](O)[C@H](O)[C@H](O)CO.[Fe].[H-].[Na+]. The van der Waals surface area contributed by atoms with Gasteiger partial charge in [0.25, 0.3) is 0 Å². The first-order valence-corrected chi connectivity index (χ1v) is 3.47. The Bertz CT molecular complexity index is 186. The van der Waals surface area contributed by atoms with Crippen molar-refractivity contribution in [1.82, 2.24) is 0 Å². The number of rotatable bonds is 5. The van der Waals surface area contributed by atoms with Gasteiger partial charge >= 0.3 is 35.5 Å². The minimum absolute atomic E-state index is 0. The molecule has 0 aromatic heterocycles. The number of hydrogen-bond donors (Lipinski definition) is 6. The van der Waals surface area contributed by atoms with E-state index in [4.69, 9.17) is 30.6 Å². The van der Waals surface area contributed by atoms with Crippen molar-refractivity contribution in [3.8, 4) is 0 Å². The first-order valence-electron chi connectivity index (χ1n) is 3.47. The molecular formula is C6H13FeNaO7. The molecule has 88 valence electrons. The van der Waals surface area contributed by atoms with Crippen molar-refractivity contribution in [2.75, 3.05) is 6.61 Å². The summed E-state index contributed by atoms with van der Waals surface area (Å²) in [6, 6.07) is 0. The third-order valence-corrected chi connectivity index (χ3v) is 1.51. The molecule has 0 unspecified atom stereocenters. The Morgan fingerprint density at radius 3 is 1.80 bits per heavy atom. The number of aliphatic carboxylic acids is 1. The number of carboxylic acids is 1. The molecule has 0 bridgehead atoms. The summed E-state index contributed by atoms with van der Waals surface area (Å²) in [6.45, 7) is -0.843. The molecule has 0 radical (unpaired) electrons. The van der Waals surface area contributed by atoms with Crippen LogP contribution in [-0.2, 0) is 21.9 Å². The predicted molar refractivity (Wildman–Crippen MR) is 39.9 cm³/mol. The van der Waals surface area contributed by atoms with E-state index in [1.54, 1.807) is 0 Å². The minimum atomic E-state index is -2.20. The fourth-order valence-corrected chi connectivity index (χ4v) is 0.668. The van der Waals surface area contributed by atoms with Crippen LogP contribution in [0.5, 0.6) is 0 Å². The Labute approximate surface area is 120 Å². The molecule has 0 aliphatic rings. The van der Waals surface area contributed by atoms with Gasteiger partial charge in [-0.05, 0) is 0 Å². The summed E-state index contributed by atoms with van der Waals surface area (Å²) in [5, 5.41) is 51.8. The summed E-state index contributed by atoms with van der Waals surface area (Å²) < 4.78 is 0. The zero-order chi connectivity index (χ0) is 10.6. The molecule has 0 aliphatic heterocycles. The van der Waals surface area contributed by atoms with E-state index in [-0.39, 0.29) is 48.1 Å². The topological polar surface area (TPSA) is 138 Å². The third kappa shape index (κ3) is 6.85. The number of aliphatic hydroxyl groups excluding tert-OH is 5. The molecule has 0 aliphatic carbocycles. The monoisotopic (exact) mass is 276 g/mol. The molecule has 0 amide bonds. The van der Waals surface area contributed by atoms with Crippen molar-refractivity contribution in [2.24, 2.45) is 0 Å². The molecule has 0 saturated heterocycles. The fraction of sp³-hybridized carbons (Fsp3) is 0.833. The van der Waals surface area contributed by atoms with E-state index in [0.717, 1.165) is 0 Å². The van der Waals surface area contributed by atoms with E-state index in [0.29, 0.717) is 0 Å². The molecule has 6 N–H and O–H groups in total. The van der Waals surface area contributed by atoms with Crippen molar-refractivity contribution < 1.29 is 83.5 Å². The van der Waals surface area contributed by atoms with E-state index < -0.39 is 37.0 Å². The van der Waals surface area contributed by atoms with E-state index in [9.17, 15) is 4.79 Å². The standard InChI is InChI=1S/C6H12O7.Fe.Na.H/c7-1-2(8)3(9)4(10)5(11)6(12)13;;;/h2-5,7-11H,1H2,(H,12,13);;;/q;;+1;-1/t2-,3-,4+,5-;;;/m1.../s1. The maximum Gasteiger partial charge on any atom is 1.00 e. The summed E-state index contributed by atoms with van der Waals surface area (Å²) in [5.74, 6) is -1.73. The summed E-state index contributed by atoms with van der Waals surface area (Å²) in [4.78, 5) is 10.1. The maximum absolute atomic E-state index is 10.1. The number of aliphatic hydroxyl groups is 5. The predicted octanol–water partition coefficient (Wildman–Crippen LogP) is -6.38. The molecule has 0 heterocycles. The Kier molecular flexibility index (Phi) is 14.0. The second-order valence-corrected chi connectivity index (χ2v) is 2.51. The van der Waals surface area contributed by atoms with Gasteiger partial charge in [0.05, 0.1) is 6.61 Å². The Morgan fingerprint density at radius 2 is 1.53 bits per heavy atom. The molecular weight excluding hydrogens is 263 g/mol. The maximum atomic E-state index is 10.1. The van der Waals surface area contributed by atoms with Crippen molar-refractivity contribution in [3.63, 3.8) is 0 Å². The molecule has 0 saturated carbocycles. The van der Waals surface area contributed by atoms with Gasteiger partial charge in [-0.25, -0.2) is 4.79 Å². The van der Waals surface area contributed by atoms with Gasteiger partial charge in [-0.3, -0.25) is 0 Å². The molecule has 0 fully saturated rings. The smallest absolute Gasteiger partial charge is 1.00 e. The van der Waals surface area contributed by atoms with Crippen LogP contribution in [0.2, 0.25) is 0 Å². The third-order valence-electron chi connectivity index (χ3n) is 1.51. The van der Waals surface area contributed by atoms with Crippen LogP contribution in [0.3, 0.4) is 0 Å². The van der Waals surface area contributed by atoms with Crippen LogP contribution >= 0.6 is 0 Å². The molecule has 0 rings (SSSR count). The second kappa shape index (κ2) is 9.98. The van der Waals surface area contributed by atoms with Gasteiger partial charge in [0, 0.05) is 17.1 Å². The zero-order valence-corrected chi connectivity index (χ0v) is 11.1. The van der Waals surface area contributed by atoms with Crippen LogP contribution in [-0.4, -0.2) is 67.6 Å². The molecule has 9 heteroatoms.